The van der Waals surface area contributed by atoms with E-state index in [2.05, 4.69) is 152 Å². The third-order valence-electron chi connectivity index (χ3n) is 13.0. The SMILES string of the molecule is N#Cc1ccc(-c2ccc3c4c(ccc(-c5ccc(-c6nc(-c7ccccc7)nc(-c7ccc(-c8ccc9oc%10ccccc%10c9c8)cc7)n6)c6ccccc56)c24)-c2ccccc2-3)cc1. The van der Waals surface area contributed by atoms with Crippen LogP contribution in [0.4, 0.5) is 0 Å². The van der Waals surface area contributed by atoms with Gasteiger partial charge in [0.25, 0.3) is 0 Å². The van der Waals surface area contributed by atoms with E-state index in [9.17, 15) is 5.26 Å². The maximum absolute atomic E-state index is 9.63. The third kappa shape index (κ3) is 5.89. The molecule has 2 heterocycles. The summed E-state index contributed by atoms with van der Waals surface area (Å²) >= 11 is 0. The van der Waals surface area contributed by atoms with Gasteiger partial charge in [-0.05, 0) is 114 Å². The maximum atomic E-state index is 9.63. The van der Waals surface area contributed by atoms with Crippen molar-refractivity contribution in [3.63, 3.8) is 0 Å². The highest BCUT2D eigenvalue weighted by Gasteiger charge is 2.26. The Kier molecular flexibility index (Phi) is 8.21. The van der Waals surface area contributed by atoms with Gasteiger partial charge in [-0.2, -0.15) is 5.26 Å². The Bertz CT molecular complexity index is 3910. The molecule has 0 fully saturated rings. The molecule has 0 saturated carbocycles. The molecule has 1 aliphatic rings. The van der Waals surface area contributed by atoms with Crippen LogP contribution >= 0.6 is 0 Å². The zero-order valence-corrected chi connectivity index (χ0v) is 34.8. The van der Waals surface area contributed by atoms with Crippen molar-refractivity contribution < 1.29 is 4.42 Å². The molecule has 12 aromatic rings. The second-order valence-corrected chi connectivity index (χ2v) is 16.6. The highest BCUT2D eigenvalue weighted by Crippen LogP contribution is 2.52. The zero-order valence-electron chi connectivity index (χ0n) is 34.8. The number of hydrogen-bond donors (Lipinski definition) is 0. The standard InChI is InChI=1S/C60H34N4O/c61-35-36-18-20-38(21-19-36)42-27-29-49-44-13-5-6-14-45(44)50-30-31-51(56(42)57(49)50)47-28-32-52(46-15-7-4-12-43(46)47)60-63-58(39-10-2-1-3-11-39)62-59(64-60)40-24-22-37(23-25-40)41-26-33-55-53(34-41)48-16-8-9-17-54(48)65-55/h1-34H. The largest absolute Gasteiger partial charge is 0.456 e. The zero-order chi connectivity index (χ0) is 43.0. The molecule has 0 aliphatic heterocycles. The van der Waals surface area contributed by atoms with E-state index >= 15 is 0 Å². The number of benzene rings is 10. The summed E-state index contributed by atoms with van der Waals surface area (Å²) in [6.45, 7) is 0. The highest BCUT2D eigenvalue weighted by atomic mass is 16.3. The molecular weight excluding hydrogens is 793 g/mol. The second kappa shape index (κ2) is 14.6. The van der Waals surface area contributed by atoms with Crippen molar-refractivity contribution in [1.29, 1.82) is 5.26 Å². The molecule has 0 unspecified atom stereocenters. The summed E-state index contributed by atoms with van der Waals surface area (Å²) in [7, 11) is 0. The van der Waals surface area contributed by atoms with E-state index in [4.69, 9.17) is 19.4 Å². The van der Waals surface area contributed by atoms with Crippen molar-refractivity contribution in [3.8, 4) is 95.9 Å². The molecule has 13 rings (SSSR count). The van der Waals surface area contributed by atoms with Crippen molar-refractivity contribution in [2.75, 3.05) is 0 Å². The van der Waals surface area contributed by atoms with Gasteiger partial charge in [-0.15, -0.1) is 0 Å². The summed E-state index contributed by atoms with van der Waals surface area (Å²) in [4.78, 5) is 15.5. The molecule has 0 amide bonds. The van der Waals surface area contributed by atoms with Gasteiger partial charge < -0.3 is 4.42 Å². The van der Waals surface area contributed by atoms with Gasteiger partial charge in [0.1, 0.15) is 11.2 Å². The van der Waals surface area contributed by atoms with Crippen LogP contribution in [0.15, 0.2) is 211 Å². The number of rotatable bonds is 6. The van der Waals surface area contributed by atoms with Crippen LogP contribution in [0.2, 0.25) is 0 Å². The maximum Gasteiger partial charge on any atom is 0.164 e. The Morgan fingerprint density at radius 2 is 0.785 bits per heavy atom. The third-order valence-corrected chi connectivity index (χ3v) is 13.0. The number of aromatic nitrogens is 3. The van der Waals surface area contributed by atoms with Crippen molar-refractivity contribution >= 4 is 43.5 Å². The molecular formula is C60H34N4O. The van der Waals surface area contributed by atoms with Crippen LogP contribution < -0.4 is 0 Å². The molecule has 0 radical (unpaired) electrons. The van der Waals surface area contributed by atoms with Crippen molar-refractivity contribution in [2.24, 2.45) is 0 Å². The van der Waals surface area contributed by atoms with E-state index in [1.165, 1.54) is 33.0 Å². The van der Waals surface area contributed by atoms with E-state index < -0.39 is 0 Å². The van der Waals surface area contributed by atoms with Gasteiger partial charge >= 0.3 is 0 Å². The average Bonchev–Trinajstić information content (AvgIpc) is 3.92. The molecule has 5 nitrogen and oxygen atoms in total. The van der Waals surface area contributed by atoms with Gasteiger partial charge in [0.05, 0.1) is 11.6 Å². The molecule has 0 N–H and O–H groups in total. The number of furan rings is 1. The number of nitriles is 1. The number of nitrogens with zero attached hydrogens (tertiary/aromatic N) is 4. The van der Waals surface area contributed by atoms with E-state index in [-0.39, 0.29) is 0 Å². The van der Waals surface area contributed by atoms with Gasteiger partial charge in [-0.1, -0.05) is 170 Å². The molecule has 0 bridgehead atoms. The monoisotopic (exact) mass is 826 g/mol. The predicted octanol–water partition coefficient (Wildman–Crippen LogP) is 15.6. The number of hydrogen-bond acceptors (Lipinski definition) is 5. The van der Waals surface area contributed by atoms with Crippen LogP contribution in [0.5, 0.6) is 0 Å². The van der Waals surface area contributed by atoms with E-state index in [1.54, 1.807) is 0 Å². The lowest BCUT2D eigenvalue weighted by molar-refractivity contribution is 0.669. The van der Waals surface area contributed by atoms with Crippen LogP contribution in [0.25, 0.3) is 133 Å². The molecule has 2 aromatic heterocycles. The van der Waals surface area contributed by atoms with Crippen molar-refractivity contribution in [3.05, 3.63) is 212 Å². The van der Waals surface area contributed by atoms with E-state index in [0.29, 0.717) is 23.0 Å². The molecule has 5 heteroatoms. The Hall–Kier alpha value is -8.98. The second-order valence-electron chi connectivity index (χ2n) is 16.6. The summed E-state index contributed by atoms with van der Waals surface area (Å²) in [6, 6.07) is 74.1. The van der Waals surface area contributed by atoms with Gasteiger partial charge in [0, 0.05) is 27.5 Å². The normalized spacial score (nSPS) is 11.7. The Balaban J connectivity index is 0.965. The Labute approximate surface area is 374 Å². The van der Waals surface area contributed by atoms with E-state index in [1.807, 2.05) is 60.7 Å². The van der Waals surface area contributed by atoms with Gasteiger partial charge in [-0.3, -0.25) is 0 Å². The first-order valence-corrected chi connectivity index (χ1v) is 21.7. The first-order chi connectivity index (χ1) is 32.2. The van der Waals surface area contributed by atoms with Crippen LogP contribution in [-0.2, 0) is 0 Å². The fourth-order valence-electron chi connectivity index (χ4n) is 9.87. The van der Waals surface area contributed by atoms with Crippen molar-refractivity contribution in [2.45, 2.75) is 0 Å². The minimum absolute atomic E-state index is 0.601. The van der Waals surface area contributed by atoms with Crippen LogP contribution in [0.1, 0.15) is 5.56 Å². The quantitative estimate of drug-likeness (QED) is 0.167. The molecule has 1 aliphatic carbocycles. The average molecular weight is 827 g/mol. The van der Waals surface area contributed by atoms with E-state index in [0.717, 1.165) is 82.8 Å². The summed E-state index contributed by atoms with van der Waals surface area (Å²) in [5.74, 6) is 1.82. The number of para-hydroxylation sites is 1. The fraction of sp³-hybridized carbons (Fsp3) is 0. The molecule has 300 valence electrons. The summed E-state index contributed by atoms with van der Waals surface area (Å²) in [5.41, 5.74) is 16.8. The molecule has 0 spiro atoms. The molecule has 0 saturated heterocycles. The first kappa shape index (κ1) is 36.7. The van der Waals surface area contributed by atoms with Gasteiger partial charge in [0.15, 0.2) is 17.5 Å². The Morgan fingerprint density at radius 1 is 0.308 bits per heavy atom. The fourth-order valence-corrected chi connectivity index (χ4v) is 9.87. The Morgan fingerprint density at radius 3 is 1.49 bits per heavy atom. The summed E-state index contributed by atoms with van der Waals surface area (Å²) in [5, 5.41) is 16.4. The predicted molar refractivity (Wildman–Crippen MR) is 264 cm³/mol. The van der Waals surface area contributed by atoms with Crippen LogP contribution in [0.3, 0.4) is 0 Å². The molecule has 10 aromatic carbocycles. The highest BCUT2D eigenvalue weighted by molar-refractivity contribution is 6.24. The lowest BCUT2D eigenvalue weighted by Gasteiger charge is -2.17. The summed E-state index contributed by atoms with van der Waals surface area (Å²) < 4.78 is 6.11. The van der Waals surface area contributed by atoms with Gasteiger partial charge in [0.2, 0.25) is 0 Å². The molecule has 0 atom stereocenters. The van der Waals surface area contributed by atoms with Crippen LogP contribution in [-0.4, -0.2) is 15.0 Å². The number of fused-ring (bicyclic) bond motifs is 7. The van der Waals surface area contributed by atoms with Crippen LogP contribution in [0, 0.1) is 11.3 Å². The smallest absolute Gasteiger partial charge is 0.164 e. The topological polar surface area (TPSA) is 75.6 Å². The lowest BCUT2D eigenvalue weighted by Crippen LogP contribution is -2.01. The summed E-state index contributed by atoms with van der Waals surface area (Å²) in [6.07, 6.45) is 0. The molecule has 65 heavy (non-hydrogen) atoms. The van der Waals surface area contributed by atoms with Gasteiger partial charge in [-0.25, -0.2) is 15.0 Å². The minimum Gasteiger partial charge on any atom is -0.456 e. The first-order valence-electron chi connectivity index (χ1n) is 21.7. The lowest BCUT2D eigenvalue weighted by atomic mass is 9.86. The minimum atomic E-state index is 0.601. The van der Waals surface area contributed by atoms with Crippen molar-refractivity contribution in [1.82, 2.24) is 15.0 Å².